The third-order valence-electron chi connectivity index (χ3n) is 3.97. The molecule has 1 aliphatic rings. The van der Waals surface area contributed by atoms with E-state index in [0.717, 1.165) is 11.0 Å². The maximum atomic E-state index is 13.0. The molecule has 0 atom stereocenters. The summed E-state index contributed by atoms with van der Waals surface area (Å²) in [5, 5.41) is 0.489. The quantitative estimate of drug-likeness (QED) is 0.425. The van der Waals surface area contributed by atoms with Crippen molar-refractivity contribution in [3.05, 3.63) is 58.6 Å². The van der Waals surface area contributed by atoms with Crippen molar-refractivity contribution in [1.82, 2.24) is 0 Å². The first-order valence-corrected chi connectivity index (χ1v) is 11.6. The second-order valence-electron chi connectivity index (χ2n) is 5.86. The topological polar surface area (TPSA) is 20.3 Å². The number of hydrogen-bond acceptors (Lipinski definition) is 1. The molecular weight excluding hydrogens is 433 g/mol. The van der Waals surface area contributed by atoms with Crippen LogP contribution in [0.5, 0.6) is 0 Å². The van der Waals surface area contributed by atoms with Gasteiger partial charge in [-0.3, -0.25) is 4.79 Å². The molecule has 0 saturated heterocycles. The van der Waals surface area contributed by atoms with Crippen molar-refractivity contribution in [1.29, 1.82) is 0 Å². The standard InChI is InChI=1S/C16H13ClF5NOS.2C2H6/c17-13-4-1-11(2-5-13)9-16(24)23-8-7-12-3-6-14(10-15(12)23)25(18,19,20,21)22;2*1-2/h1-6,10H,7-9H2;2*1-2H3. The monoisotopic (exact) mass is 457 g/mol. The molecule has 0 bridgehead atoms. The predicted molar refractivity (Wildman–Crippen MR) is 112 cm³/mol. The van der Waals surface area contributed by atoms with Crippen LogP contribution >= 0.6 is 21.8 Å². The van der Waals surface area contributed by atoms with Gasteiger partial charge in [0, 0.05) is 17.3 Å². The average molecular weight is 458 g/mol. The number of anilines is 1. The Morgan fingerprint density at radius 1 is 0.966 bits per heavy atom. The smallest absolute Gasteiger partial charge is 0.310 e. The highest BCUT2D eigenvalue weighted by atomic mass is 35.5. The van der Waals surface area contributed by atoms with E-state index in [1.54, 1.807) is 24.3 Å². The van der Waals surface area contributed by atoms with Crippen LogP contribution < -0.4 is 4.90 Å². The van der Waals surface area contributed by atoms with Crippen LogP contribution in [0.4, 0.5) is 25.1 Å². The second-order valence-corrected chi connectivity index (χ2v) is 8.70. The molecule has 1 heterocycles. The van der Waals surface area contributed by atoms with E-state index in [1.165, 1.54) is 0 Å². The van der Waals surface area contributed by atoms with Crippen LogP contribution in [0.25, 0.3) is 0 Å². The van der Waals surface area contributed by atoms with Crippen LogP contribution in [0.15, 0.2) is 47.4 Å². The van der Waals surface area contributed by atoms with E-state index in [1.807, 2.05) is 27.7 Å². The van der Waals surface area contributed by atoms with Crippen LogP contribution in [-0.2, 0) is 17.6 Å². The molecule has 2 nitrogen and oxygen atoms in total. The van der Waals surface area contributed by atoms with Crippen molar-refractivity contribution in [3.63, 3.8) is 0 Å². The van der Waals surface area contributed by atoms with Crippen LogP contribution in [0.3, 0.4) is 0 Å². The molecule has 1 amide bonds. The fraction of sp³-hybridized carbons (Fsp3) is 0.350. The van der Waals surface area contributed by atoms with E-state index in [4.69, 9.17) is 11.6 Å². The molecule has 2 aromatic carbocycles. The lowest BCUT2D eigenvalue weighted by molar-refractivity contribution is -0.117. The molecule has 0 fully saturated rings. The number of hydrogen-bond donors (Lipinski definition) is 0. The fourth-order valence-corrected chi connectivity index (χ4v) is 3.52. The molecule has 29 heavy (non-hydrogen) atoms. The van der Waals surface area contributed by atoms with Gasteiger partial charge in [0.15, 0.2) is 0 Å². The molecule has 3 rings (SSSR count). The van der Waals surface area contributed by atoms with Crippen molar-refractivity contribution in [2.45, 2.75) is 45.4 Å². The third-order valence-corrected chi connectivity index (χ3v) is 5.36. The van der Waals surface area contributed by atoms with E-state index in [-0.39, 0.29) is 18.7 Å². The van der Waals surface area contributed by atoms with Gasteiger partial charge in [0.25, 0.3) is 0 Å². The molecule has 0 N–H and O–H groups in total. The largest absolute Gasteiger partial charge is 0.311 e. The summed E-state index contributed by atoms with van der Waals surface area (Å²) in [6.07, 6.45) is 0.263. The Morgan fingerprint density at radius 3 is 2.03 bits per heavy atom. The number of rotatable bonds is 3. The highest BCUT2D eigenvalue weighted by Crippen LogP contribution is 3.02. The number of carbonyl (C=O) groups is 1. The minimum atomic E-state index is -9.79. The van der Waals surface area contributed by atoms with Crippen molar-refractivity contribution >= 4 is 33.4 Å². The van der Waals surface area contributed by atoms with Gasteiger partial charge in [-0.2, -0.15) is 0 Å². The number of amides is 1. The van der Waals surface area contributed by atoms with Crippen molar-refractivity contribution in [3.8, 4) is 0 Å². The van der Waals surface area contributed by atoms with E-state index in [9.17, 15) is 24.2 Å². The molecule has 0 aliphatic carbocycles. The summed E-state index contributed by atoms with van der Waals surface area (Å²) in [5.74, 6) is -0.458. The Morgan fingerprint density at radius 2 is 1.52 bits per heavy atom. The zero-order chi connectivity index (χ0) is 22.5. The minimum absolute atomic E-state index is 0.0583. The predicted octanol–water partition coefficient (Wildman–Crippen LogP) is 8.18. The molecule has 2 aromatic rings. The summed E-state index contributed by atoms with van der Waals surface area (Å²) in [6.45, 7) is 8.16. The summed E-state index contributed by atoms with van der Waals surface area (Å²) in [5.41, 5.74) is 0.964. The molecule has 164 valence electrons. The third kappa shape index (κ3) is 6.60. The molecular formula is C20H25ClF5NOS. The second kappa shape index (κ2) is 8.52. The number of carbonyl (C=O) groups excluding carboxylic acids is 1. The van der Waals surface area contributed by atoms with Crippen LogP contribution in [0.2, 0.25) is 5.02 Å². The molecule has 0 radical (unpaired) electrons. The van der Waals surface area contributed by atoms with Gasteiger partial charge in [-0.1, -0.05) is 76.9 Å². The minimum Gasteiger partial charge on any atom is -0.311 e. The maximum absolute atomic E-state index is 13.0. The van der Waals surface area contributed by atoms with Crippen LogP contribution in [-0.4, -0.2) is 12.5 Å². The van der Waals surface area contributed by atoms with Gasteiger partial charge in [-0.25, -0.2) is 0 Å². The van der Waals surface area contributed by atoms with E-state index in [2.05, 4.69) is 0 Å². The summed E-state index contributed by atoms with van der Waals surface area (Å²) in [7, 11) is -9.79. The Labute approximate surface area is 173 Å². The lowest BCUT2D eigenvalue weighted by Gasteiger charge is -2.40. The Balaban J connectivity index is 0.000000989. The van der Waals surface area contributed by atoms with Crippen LogP contribution in [0, 0.1) is 0 Å². The number of benzene rings is 2. The Kier molecular flexibility index (Phi) is 7.41. The first kappa shape index (κ1) is 25.2. The number of nitrogens with zero attached hydrogens (tertiary/aromatic N) is 1. The molecule has 0 aromatic heterocycles. The number of fused-ring (bicyclic) bond motifs is 1. The van der Waals surface area contributed by atoms with E-state index >= 15 is 0 Å². The molecule has 9 heteroatoms. The number of halogens is 6. The average Bonchev–Trinajstić information content (AvgIpc) is 3.08. The first-order valence-electron chi connectivity index (χ1n) is 9.25. The zero-order valence-corrected chi connectivity index (χ0v) is 18.3. The van der Waals surface area contributed by atoms with Crippen molar-refractivity contribution < 1.29 is 24.2 Å². The Bertz CT molecular complexity index is 854. The summed E-state index contributed by atoms with van der Waals surface area (Å²) < 4.78 is 65.1. The highest BCUT2D eigenvalue weighted by molar-refractivity contribution is 8.45. The van der Waals surface area contributed by atoms with Gasteiger partial charge in [0.2, 0.25) is 5.91 Å². The normalized spacial score (nSPS) is 15.0. The lowest BCUT2D eigenvalue weighted by Crippen LogP contribution is -2.30. The van der Waals surface area contributed by atoms with E-state index < -0.39 is 21.0 Å². The first-order chi connectivity index (χ1) is 13.3. The lowest BCUT2D eigenvalue weighted by atomic mass is 10.1. The van der Waals surface area contributed by atoms with Gasteiger partial charge >= 0.3 is 10.2 Å². The SMILES string of the molecule is CC.CC.O=C(Cc1ccc(Cl)cc1)N1CCc2ccc(S(F)(F)(F)(F)F)cc21. The van der Waals surface area contributed by atoms with Gasteiger partial charge in [-0.15, -0.1) is 0 Å². The summed E-state index contributed by atoms with van der Waals surface area (Å²) in [4.78, 5) is 11.6. The van der Waals surface area contributed by atoms with Gasteiger partial charge in [0.1, 0.15) is 4.90 Å². The highest BCUT2D eigenvalue weighted by Gasteiger charge is 2.65. The van der Waals surface area contributed by atoms with Crippen molar-refractivity contribution in [2.75, 3.05) is 11.4 Å². The van der Waals surface area contributed by atoms with Gasteiger partial charge in [-0.05, 0) is 41.8 Å². The van der Waals surface area contributed by atoms with Gasteiger partial charge < -0.3 is 4.90 Å². The molecule has 0 unspecified atom stereocenters. The fourth-order valence-electron chi connectivity index (χ4n) is 2.73. The Hall–Kier alpha value is -1.80. The molecule has 1 aliphatic heterocycles. The summed E-state index contributed by atoms with van der Waals surface area (Å²) >= 11 is 5.76. The van der Waals surface area contributed by atoms with E-state index in [0.29, 0.717) is 34.7 Å². The van der Waals surface area contributed by atoms with Gasteiger partial charge in [0.05, 0.1) is 6.42 Å². The summed E-state index contributed by atoms with van der Waals surface area (Å²) in [6, 6.07) is 8.21. The maximum Gasteiger partial charge on any atom is 0.310 e. The van der Waals surface area contributed by atoms with Crippen molar-refractivity contribution in [2.24, 2.45) is 0 Å². The molecule has 0 saturated carbocycles. The zero-order valence-electron chi connectivity index (χ0n) is 16.7. The van der Waals surface area contributed by atoms with Crippen LogP contribution in [0.1, 0.15) is 38.8 Å². The molecule has 0 spiro atoms.